The Morgan fingerprint density at radius 2 is 1.61 bits per heavy atom. The van der Waals surface area contributed by atoms with Gasteiger partial charge in [0.25, 0.3) is 5.91 Å². The maximum atomic E-state index is 15.0. The Kier molecular flexibility index (Phi) is 14.4. The number of nitrogens with one attached hydrogen (secondary N) is 2. The van der Waals surface area contributed by atoms with Gasteiger partial charge in [0.2, 0.25) is 17.7 Å². The van der Waals surface area contributed by atoms with E-state index < -0.39 is 35.4 Å². The Labute approximate surface area is 334 Å². The number of primary amides is 1. The van der Waals surface area contributed by atoms with Gasteiger partial charge in [0.15, 0.2) is 0 Å². The number of benzene rings is 2. The number of carbonyl (C=O) groups is 5. The van der Waals surface area contributed by atoms with Crippen LogP contribution in [0.2, 0.25) is 0 Å². The highest BCUT2D eigenvalue weighted by Gasteiger charge is 2.40. The van der Waals surface area contributed by atoms with E-state index in [0.717, 1.165) is 25.7 Å². The standard InChI is InChI=1S/C42H58FN7O7/c1-41(2,3)57-40(55)50(18-16-42(26-56-27-42)15-17-47-38(53)36(45)29-9-5-4-6-10-29)25-35(51)48-19-21-49(22-20-48)39(54)32-23-28(13-14-33(32)43)24-34(44)30-11-7-8-12-31(30)37(46)52/h7-8,11-14,23,29,36,44H,4-6,9-10,15-22,24-27,45H2,1-3H3,(H2,46,52)(H,47,53). The minimum absolute atomic E-state index is 0.0427. The summed E-state index contributed by atoms with van der Waals surface area (Å²) in [7, 11) is 0. The molecular weight excluding hydrogens is 734 g/mol. The normalized spacial score (nSPS) is 17.6. The molecule has 14 nitrogen and oxygen atoms in total. The van der Waals surface area contributed by atoms with E-state index in [4.69, 9.17) is 26.4 Å². The number of amides is 5. The van der Waals surface area contributed by atoms with Crippen LogP contribution < -0.4 is 16.8 Å². The van der Waals surface area contributed by atoms with Crippen molar-refractivity contribution in [2.45, 2.75) is 83.8 Å². The number of hydrogen-bond donors (Lipinski definition) is 4. The highest BCUT2D eigenvalue weighted by Crippen LogP contribution is 2.35. The number of nitrogens with two attached hydrogens (primary N) is 2. The van der Waals surface area contributed by atoms with Gasteiger partial charge in [0, 0.05) is 67.9 Å². The number of hydrogen-bond acceptors (Lipinski definition) is 9. The summed E-state index contributed by atoms with van der Waals surface area (Å²) in [5.74, 6) is -2.15. The molecule has 15 heteroatoms. The molecule has 1 aliphatic carbocycles. The number of piperazine rings is 1. The van der Waals surface area contributed by atoms with Crippen molar-refractivity contribution in [3.05, 3.63) is 70.5 Å². The maximum absolute atomic E-state index is 15.0. The molecule has 0 aromatic heterocycles. The van der Waals surface area contributed by atoms with Crippen molar-refractivity contribution in [3.63, 3.8) is 0 Å². The van der Waals surface area contributed by atoms with Gasteiger partial charge in [-0.05, 0) is 76.1 Å². The molecule has 2 aliphatic heterocycles. The zero-order valence-electron chi connectivity index (χ0n) is 33.4. The van der Waals surface area contributed by atoms with E-state index in [-0.39, 0.29) is 85.7 Å². The first-order chi connectivity index (χ1) is 27.1. The minimum atomic E-state index is -0.788. The molecule has 1 saturated carbocycles. The fourth-order valence-corrected chi connectivity index (χ4v) is 7.71. The van der Waals surface area contributed by atoms with E-state index in [1.165, 1.54) is 40.5 Å². The SMILES string of the molecule is CC(C)(C)OC(=O)N(CCC1(CCNC(=O)C(N)C2CCCCC2)COC1)CC(=O)N1CCN(C(=O)c2cc(CC(=N)c3ccccc3C(N)=O)ccc2F)CC1. The number of halogens is 1. The van der Waals surface area contributed by atoms with Crippen LogP contribution in [0.3, 0.4) is 0 Å². The van der Waals surface area contributed by atoms with Gasteiger partial charge in [-0.3, -0.25) is 24.1 Å². The fourth-order valence-electron chi connectivity index (χ4n) is 7.71. The lowest BCUT2D eigenvalue weighted by Gasteiger charge is -2.43. The molecule has 0 radical (unpaired) electrons. The Bertz CT molecular complexity index is 1800. The molecule has 0 spiro atoms. The third-order valence-electron chi connectivity index (χ3n) is 11.2. The lowest BCUT2D eigenvalue weighted by molar-refractivity contribution is -0.136. The molecule has 2 saturated heterocycles. The highest BCUT2D eigenvalue weighted by atomic mass is 19.1. The lowest BCUT2D eigenvalue weighted by Crippen LogP contribution is -2.54. The number of nitrogens with zero attached hydrogens (tertiary/aromatic N) is 3. The molecule has 5 amide bonds. The van der Waals surface area contributed by atoms with Crippen molar-refractivity contribution in [3.8, 4) is 0 Å². The van der Waals surface area contributed by atoms with E-state index in [2.05, 4.69) is 5.32 Å². The van der Waals surface area contributed by atoms with Gasteiger partial charge in [-0.2, -0.15) is 0 Å². The molecule has 310 valence electrons. The summed E-state index contributed by atoms with van der Waals surface area (Å²) in [6.07, 6.45) is 5.93. The van der Waals surface area contributed by atoms with Gasteiger partial charge in [0.05, 0.1) is 24.8 Å². The van der Waals surface area contributed by atoms with E-state index in [1.54, 1.807) is 43.9 Å². The molecule has 57 heavy (non-hydrogen) atoms. The van der Waals surface area contributed by atoms with Gasteiger partial charge in [-0.15, -0.1) is 0 Å². The molecule has 1 atom stereocenters. The van der Waals surface area contributed by atoms with E-state index in [1.807, 2.05) is 0 Å². The van der Waals surface area contributed by atoms with Crippen LogP contribution in [-0.4, -0.2) is 121 Å². The second-order valence-electron chi connectivity index (χ2n) is 16.7. The Morgan fingerprint density at radius 1 is 0.965 bits per heavy atom. The smallest absolute Gasteiger partial charge is 0.410 e. The fraction of sp³-hybridized carbons (Fsp3) is 0.571. The van der Waals surface area contributed by atoms with Crippen LogP contribution in [0.4, 0.5) is 9.18 Å². The Hall–Kier alpha value is -4.89. The third kappa shape index (κ3) is 11.6. The second kappa shape index (κ2) is 19.0. The van der Waals surface area contributed by atoms with Gasteiger partial charge in [-0.25, -0.2) is 9.18 Å². The molecule has 2 heterocycles. The van der Waals surface area contributed by atoms with Crippen LogP contribution >= 0.6 is 0 Å². The average molecular weight is 792 g/mol. The van der Waals surface area contributed by atoms with Crippen LogP contribution in [0.25, 0.3) is 0 Å². The summed E-state index contributed by atoms with van der Waals surface area (Å²) in [5.41, 5.74) is 11.7. The van der Waals surface area contributed by atoms with Crippen molar-refractivity contribution >= 4 is 35.4 Å². The van der Waals surface area contributed by atoms with Crippen molar-refractivity contribution in [1.82, 2.24) is 20.0 Å². The quantitative estimate of drug-likeness (QED) is 0.195. The van der Waals surface area contributed by atoms with E-state index >= 15 is 4.39 Å². The van der Waals surface area contributed by atoms with Crippen LogP contribution in [0.5, 0.6) is 0 Å². The van der Waals surface area contributed by atoms with Crippen molar-refractivity contribution in [2.24, 2.45) is 22.8 Å². The second-order valence-corrected chi connectivity index (χ2v) is 16.7. The largest absolute Gasteiger partial charge is 0.444 e. The zero-order chi connectivity index (χ0) is 41.3. The number of ether oxygens (including phenoxy) is 2. The van der Waals surface area contributed by atoms with Crippen molar-refractivity contribution in [1.29, 1.82) is 5.41 Å². The third-order valence-corrected chi connectivity index (χ3v) is 11.2. The molecule has 1 unspecified atom stereocenters. The average Bonchev–Trinajstić information content (AvgIpc) is 3.17. The predicted molar refractivity (Wildman–Crippen MR) is 212 cm³/mol. The monoisotopic (exact) mass is 791 g/mol. The first-order valence-electron chi connectivity index (χ1n) is 20.0. The first kappa shape index (κ1) is 43.2. The topological polar surface area (TPSA) is 201 Å². The minimum Gasteiger partial charge on any atom is -0.444 e. The summed E-state index contributed by atoms with van der Waals surface area (Å²) in [5, 5.41) is 11.6. The van der Waals surface area contributed by atoms with Crippen LogP contribution in [0.15, 0.2) is 42.5 Å². The van der Waals surface area contributed by atoms with Crippen molar-refractivity contribution in [2.75, 3.05) is 59.0 Å². The Balaban J connectivity index is 1.15. The Morgan fingerprint density at radius 3 is 2.23 bits per heavy atom. The van der Waals surface area contributed by atoms with Gasteiger partial charge in [-0.1, -0.05) is 43.5 Å². The van der Waals surface area contributed by atoms with Gasteiger partial charge < -0.3 is 41.5 Å². The van der Waals surface area contributed by atoms with Gasteiger partial charge in [0.1, 0.15) is 18.0 Å². The first-order valence-corrected chi connectivity index (χ1v) is 20.0. The van der Waals surface area contributed by atoms with Gasteiger partial charge >= 0.3 is 6.09 Å². The summed E-state index contributed by atoms with van der Waals surface area (Å²) in [6.45, 7) is 7.33. The molecule has 6 N–H and O–H groups in total. The molecular formula is C42H58FN7O7. The summed E-state index contributed by atoms with van der Waals surface area (Å²) >= 11 is 0. The lowest BCUT2D eigenvalue weighted by atomic mass is 9.79. The summed E-state index contributed by atoms with van der Waals surface area (Å²) in [4.78, 5) is 69.7. The predicted octanol–water partition coefficient (Wildman–Crippen LogP) is 3.88. The van der Waals surface area contributed by atoms with Crippen LogP contribution in [-0.2, 0) is 25.5 Å². The number of rotatable bonds is 15. The molecule has 2 aromatic rings. The van der Waals surface area contributed by atoms with Crippen LogP contribution in [0.1, 0.15) is 97.6 Å². The zero-order valence-corrected chi connectivity index (χ0v) is 33.4. The summed E-state index contributed by atoms with van der Waals surface area (Å²) in [6, 6.07) is 10.1. The van der Waals surface area contributed by atoms with Crippen molar-refractivity contribution < 1.29 is 37.8 Å². The molecule has 5 rings (SSSR count). The molecule has 0 bridgehead atoms. The molecule has 3 aliphatic rings. The van der Waals surface area contributed by atoms with Crippen LogP contribution in [0, 0.1) is 22.6 Å². The van der Waals surface area contributed by atoms with E-state index in [9.17, 15) is 24.0 Å². The van der Waals surface area contributed by atoms with E-state index in [0.29, 0.717) is 43.7 Å². The molecule has 3 fully saturated rings. The number of carbonyl (C=O) groups excluding carboxylic acids is 5. The maximum Gasteiger partial charge on any atom is 0.410 e. The highest BCUT2D eigenvalue weighted by molar-refractivity contribution is 6.09. The summed E-state index contributed by atoms with van der Waals surface area (Å²) < 4.78 is 26.3. The molecule has 2 aromatic carbocycles.